The number of anilines is 3. The highest BCUT2D eigenvalue weighted by atomic mass is 16.5. The molecule has 1 aliphatic rings. The summed E-state index contributed by atoms with van der Waals surface area (Å²) in [4.78, 5) is 12.6. The number of hydrogen-bond acceptors (Lipinski definition) is 4. The number of hydrogen-bond donors (Lipinski definition) is 0. The van der Waals surface area contributed by atoms with Gasteiger partial charge in [-0.2, -0.15) is 0 Å². The van der Waals surface area contributed by atoms with Gasteiger partial charge >= 0.3 is 0 Å². The van der Waals surface area contributed by atoms with E-state index in [0.29, 0.717) is 5.82 Å². The van der Waals surface area contributed by atoms with Crippen LogP contribution < -0.4 is 9.64 Å². The summed E-state index contributed by atoms with van der Waals surface area (Å²) in [6.45, 7) is 0. The van der Waals surface area contributed by atoms with Crippen molar-refractivity contribution in [2.75, 3.05) is 4.90 Å². The van der Waals surface area contributed by atoms with Gasteiger partial charge in [0.15, 0.2) is 17.3 Å². The van der Waals surface area contributed by atoms with Crippen LogP contribution in [0.15, 0.2) is 146 Å². The lowest BCUT2D eigenvalue weighted by Crippen LogP contribution is -2.15. The Morgan fingerprint density at radius 2 is 1.12 bits per heavy atom. The maximum absolute atomic E-state index is 6.49. The van der Waals surface area contributed by atoms with Crippen LogP contribution in [-0.2, 0) is 0 Å². The predicted octanol–water partition coefficient (Wildman–Crippen LogP) is 9.97. The van der Waals surface area contributed by atoms with E-state index >= 15 is 0 Å². The molecule has 0 spiro atoms. The van der Waals surface area contributed by atoms with Gasteiger partial charge in [-0.3, -0.25) is 4.57 Å². The van der Waals surface area contributed by atoms with E-state index in [1.807, 2.05) is 36.4 Å². The molecule has 0 radical (unpaired) electrons. The minimum absolute atomic E-state index is 0.645. The molecule has 5 heteroatoms. The Morgan fingerprint density at radius 1 is 0.488 bits per heavy atom. The van der Waals surface area contributed by atoms with Crippen molar-refractivity contribution in [3.63, 3.8) is 0 Å². The van der Waals surface area contributed by atoms with Crippen molar-refractivity contribution in [2.24, 2.45) is 0 Å². The van der Waals surface area contributed by atoms with E-state index in [1.54, 1.807) is 0 Å². The number of aromatic nitrogens is 3. The maximum Gasteiger partial charge on any atom is 0.162 e. The molecule has 0 fully saturated rings. The average molecular weight is 553 g/mol. The molecule has 1 aliphatic heterocycles. The monoisotopic (exact) mass is 552 g/mol. The van der Waals surface area contributed by atoms with Gasteiger partial charge in [0.25, 0.3) is 0 Å². The highest BCUT2D eigenvalue weighted by molar-refractivity contribution is 6.10. The van der Waals surface area contributed by atoms with Crippen LogP contribution in [-0.4, -0.2) is 14.5 Å². The summed E-state index contributed by atoms with van der Waals surface area (Å²) in [5.74, 6) is 3.07. The van der Waals surface area contributed by atoms with Crippen LogP contribution in [0.1, 0.15) is 0 Å². The van der Waals surface area contributed by atoms with Crippen molar-refractivity contribution in [2.45, 2.75) is 0 Å². The van der Waals surface area contributed by atoms with Crippen molar-refractivity contribution >= 4 is 49.8 Å². The minimum Gasteiger partial charge on any atom is -0.453 e. The van der Waals surface area contributed by atoms with Crippen LogP contribution in [0.5, 0.6) is 11.5 Å². The molecular weight excluding hydrogens is 528 g/mol. The molecule has 5 nitrogen and oxygen atoms in total. The molecule has 3 heterocycles. The van der Waals surface area contributed by atoms with Crippen molar-refractivity contribution in [1.82, 2.24) is 14.5 Å². The zero-order valence-electron chi connectivity index (χ0n) is 23.1. The number of nitrogens with zero attached hydrogens (tertiary/aromatic N) is 4. The molecule has 0 atom stereocenters. The molecule has 0 saturated heterocycles. The lowest BCUT2D eigenvalue weighted by Gasteiger charge is -2.33. The smallest absolute Gasteiger partial charge is 0.162 e. The second kappa shape index (κ2) is 9.29. The van der Waals surface area contributed by atoms with Crippen LogP contribution in [0, 0.1) is 0 Å². The topological polar surface area (TPSA) is 43.2 Å². The predicted molar refractivity (Wildman–Crippen MR) is 174 cm³/mol. The summed E-state index contributed by atoms with van der Waals surface area (Å²) in [6, 6.07) is 50.0. The SMILES string of the molecule is c1ccc(N2c3ccccc3Oc3cc(-c4nc(-n5c6ccccc6c6ccccc65)c5ccccc5n4)ccc32)cc1. The summed E-state index contributed by atoms with van der Waals surface area (Å²) in [6.07, 6.45) is 0. The summed E-state index contributed by atoms with van der Waals surface area (Å²) < 4.78 is 8.76. The van der Waals surface area contributed by atoms with Gasteiger partial charge in [-0.05, 0) is 66.7 Å². The first-order valence-corrected chi connectivity index (χ1v) is 14.4. The number of rotatable bonds is 3. The second-order valence-corrected chi connectivity index (χ2v) is 10.7. The second-order valence-electron chi connectivity index (χ2n) is 10.7. The molecule has 43 heavy (non-hydrogen) atoms. The Labute approximate surface area is 247 Å². The third kappa shape index (κ3) is 3.65. The molecule has 6 aromatic carbocycles. The fraction of sp³-hybridized carbons (Fsp3) is 0. The molecule has 0 saturated carbocycles. The Balaban J connectivity index is 1.27. The Morgan fingerprint density at radius 3 is 1.91 bits per heavy atom. The number of para-hydroxylation sites is 6. The first-order chi connectivity index (χ1) is 21.3. The number of benzene rings is 6. The Kier molecular flexibility index (Phi) is 5.13. The van der Waals surface area contributed by atoms with Gasteiger partial charge in [0, 0.05) is 27.4 Å². The zero-order chi connectivity index (χ0) is 28.3. The molecule has 202 valence electrons. The number of fused-ring (bicyclic) bond motifs is 6. The van der Waals surface area contributed by atoms with Gasteiger partial charge in [-0.15, -0.1) is 0 Å². The largest absolute Gasteiger partial charge is 0.453 e. The van der Waals surface area contributed by atoms with Crippen LogP contribution in [0.25, 0.3) is 49.9 Å². The summed E-state index contributed by atoms with van der Waals surface area (Å²) in [5, 5.41) is 3.39. The van der Waals surface area contributed by atoms with Gasteiger partial charge in [0.1, 0.15) is 5.82 Å². The van der Waals surface area contributed by atoms with E-state index in [1.165, 1.54) is 10.8 Å². The third-order valence-corrected chi connectivity index (χ3v) is 8.17. The van der Waals surface area contributed by atoms with Gasteiger partial charge in [-0.25, -0.2) is 9.97 Å². The molecule has 2 aromatic heterocycles. The van der Waals surface area contributed by atoms with Crippen LogP contribution in [0.2, 0.25) is 0 Å². The fourth-order valence-electron chi connectivity index (χ4n) is 6.26. The Bertz CT molecular complexity index is 2290. The molecule has 0 N–H and O–H groups in total. The van der Waals surface area contributed by atoms with Crippen molar-refractivity contribution < 1.29 is 4.74 Å². The molecule has 0 unspecified atom stereocenters. The lowest BCUT2D eigenvalue weighted by molar-refractivity contribution is 0.477. The van der Waals surface area contributed by atoms with Crippen molar-refractivity contribution in [3.05, 3.63) is 146 Å². The fourth-order valence-corrected chi connectivity index (χ4v) is 6.26. The maximum atomic E-state index is 6.49. The first kappa shape index (κ1) is 23.7. The van der Waals surface area contributed by atoms with Crippen LogP contribution in [0.3, 0.4) is 0 Å². The molecule has 0 aliphatic carbocycles. The highest BCUT2D eigenvalue weighted by Crippen LogP contribution is 2.51. The lowest BCUT2D eigenvalue weighted by atomic mass is 10.1. The zero-order valence-corrected chi connectivity index (χ0v) is 23.1. The molecule has 0 amide bonds. The van der Waals surface area contributed by atoms with Gasteiger partial charge < -0.3 is 9.64 Å². The molecular formula is C38H24N4O. The van der Waals surface area contributed by atoms with Crippen LogP contribution >= 0.6 is 0 Å². The normalized spacial score (nSPS) is 12.3. The van der Waals surface area contributed by atoms with E-state index < -0.39 is 0 Å². The van der Waals surface area contributed by atoms with Gasteiger partial charge in [0.2, 0.25) is 0 Å². The quantitative estimate of drug-likeness (QED) is 0.219. The van der Waals surface area contributed by atoms with E-state index in [-0.39, 0.29) is 0 Å². The molecule has 8 aromatic rings. The van der Waals surface area contributed by atoms with Crippen molar-refractivity contribution in [1.29, 1.82) is 0 Å². The Hall–Kier alpha value is -5.94. The third-order valence-electron chi connectivity index (χ3n) is 8.17. The van der Waals surface area contributed by atoms with Gasteiger partial charge in [-0.1, -0.05) is 78.9 Å². The molecule has 9 rings (SSSR count). The van der Waals surface area contributed by atoms with E-state index in [9.17, 15) is 0 Å². The minimum atomic E-state index is 0.645. The summed E-state index contributed by atoms with van der Waals surface area (Å²) >= 11 is 0. The van der Waals surface area contributed by atoms with E-state index in [2.05, 4.69) is 119 Å². The average Bonchev–Trinajstić information content (AvgIpc) is 3.41. The van der Waals surface area contributed by atoms with E-state index in [4.69, 9.17) is 14.7 Å². The van der Waals surface area contributed by atoms with Gasteiger partial charge in [0.05, 0.1) is 27.9 Å². The summed E-state index contributed by atoms with van der Waals surface area (Å²) in [7, 11) is 0. The van der Waals surface area contributed by atoms with E-state index in [0.717, 1.165) is 61.9 Å². The van der Waals surface area contributed by atoms with Crippen LogP contribution in [0.4, 0.5) is 17.1 Å². The first-order valence-electron chi connectivity index (χ1n) is 14.4. The highest BCUT2D eigenvalue weighted by Gasteiger charge is 2.26. The summed E-state index contributed by atoms with van der Waals surface area (Å²) in [5.41, 5.74) is 7.05. The standard InChI is InChI=1S/C38H24N4O/c1-2-12-26(13-3-1)41-33-20-10-11-21-35(33)43-36-24-25(22-23-34(36)41)37-39-30-17-7-4-16-29(30)38(40-37)42-31-18-8-5-14-27(31)28-15-6-9-19-32(28)42/h1-24H. The number of ether oxygens (including phenoxy) is 1. The van der Waals surface area contributed by atoms with Crippen molar-refractivity contribution in [3.8, 4) is 28.7 Å². The molecule has 0 bridgehead atoms.